The number of aryl methyl sites for hydroxylation is 1. The van der Waals surface area contributed by atoms with Crippen LogP contribution in [0.3, 0.4) is 0 Å². The van der Waals surface area contributed by atoms with Gasteiger partial charge in [-0.25, -0.2) is 4.79 Å². The Labute approximate surface area is 204 Å². The predicted octanol–water partition coefficient (Wildman–Crippen LogP) is 8.05. The molecule has 4 heteroatoms. The highest BCUT2D eigenvalue weighted by atomic mass is 16.5. The van der Waals surface area contributed by atoms with Crippen LogP contribution in [0.5, 0.6) is 11.5 Å². The van der Waals surface area contributed by atoms with E-state index in [0.717, 1.165) is 36.5 Å². The highest BCUT2D eigenvalue weighted by molar-refractivity contribution is 5.91. The van der Waals surface area contributed by atoms with Gasteiger partial charge < -0.3 is 9.47 Å². The molecule has 3 aromatic rings. The Balaban J connectivity index is 1.49. The van der Waals surface area contributed by atoms with Crippen LogP contribution in [0, 0.1) is 0 Å². The number of esters is 1. The summed E-state index contributed by atoms with van der Waals surface area (Å²) in [7, 11) is 0. The first-order valence-electron chi connectivity index (χ1n) is 12.7. The fourth-order valence-corrected chi connectivity index (χ4v) is 3.78. The predicted molar refractivity (Wildman–Crippen MR) is 139 cm³/mol. The van der Waals surface area contributed by atoms with Crippen molar-refractivity contribution in [3.05, 3.63) is 78.0 Å². The first kappa shape index (κ1) is 25.5. The Morgan fingerprint density at radius 3 is 2.06 bits per heavy atom. The first-order chi connectivity index (χ1) is 16.7. The summed E-state index contributed by atoms with van der Waals surface area (Å²) in [6, 6.07) is 19.1. The van der Waals surface area contributed by atoms with E-state index in [9.17, 15) is 4.79 Å². The molecule has 0 saturated carbocycles. The van der Waals surface area contributed by atoms with Crippen LogP contribution >= 0.6 is 0 Å². The van der Waals surface area contributed by atoms with Crippen molar-refractivity contribution in [3.63, 3.8) is 0 Å². The highest BCUT2D eigenvalue weighted by Gasteiger charge is 2.09. The van der Waals surface area contributed by atoms with Crippen molar-refractivity contribution in [2.75, 3.05) is 6.61 Å². The lowest BCUT2D eigenvalue weighted by Gasteiger charge is -2.08. The van der Waals surface area contributed by atoms with Crippen LogP contribution in [-0.4, -0.2) is 17.6 Å². The zero-order valence-corrected chi connectivity index (χ0v) is 20.6. The molecule has 1 heterocycles. The zero-order chi connectivity index (χ0) is 24.0. The summed E-state index contributed by atoms with van der Waals surface area (Å²) < 4.78 is 11.3. The Morgan fingerprint density at radius 1 is 0.735 bits per heavy atom. The van der Waals surface area contributed by atoms with Crippen LogP contribution in [0.4, 0.5) is 0 Å². The minimum Gasteiger partial charge on any atom is -0.492 e. The molecule has 0 radical (unpaired) electrons. The Bertz CT molecular complexity index is 979. The molecule has 0 spiro atoms. The number of carbonyl (C=O) groups excluding carboxylic acids is 1. The topological polar surface area (TPSA) is 48.4 Å². The second kappa shape index (κ2) is 14.2. The Morgan fingerprint density at radius 2 is 1.41 bits per heavy atom. The molecule has 34 heavy (non-hydrogen) atoms. The van der Waals surface area contributed by atoms with E-state index in [1.54, 1.807) is 18.3 Å². The van der Waals surface area contributed by atoms with Crippen molar-refractivity contribution in [2.45, 2.75) is 71.6 Å². The maximum atomic E-state index is 12.5. The Kier molecular flexibility index (Phi) is 10.6. The van der Waals surface area contributed by atoms with Crippen molar-refractivity contribution in [2.24, 2.45) is 0 Å². The fourth-order valence-electron chi connectivity index (χ4n) is 3.78. The number of rotatable bonds is 14. The van der Waals surface area contributed by atoms with Crippen LogP contribution in [0.15, 0.2) is 66.9 Å². The molecule has 2 aromatic carbocycles. The van der Waals surface area contributed by atoms with Gasteiger partial charge in [0.2, 0.25) is 0 Å². The number of ether oxygens (including phenoxy) is 2. The normalized spacial score (nSPS) is 10.8. The highest BCUT2D eigenvalue weighted by Crippen LogP contribution is 2.23. The first-order valence-corrected chi connectivity index (χ1v) is 12.7. The lowest BCUT2D eigenvalue weighted by Crippen LogP contribution is -2.08. The van der Waals surface area contributed by atoms with Gasteiger partial charge in [-0.05, 0) is 73.4 Å². The second-order valence-corrected chi connectivity index (χ2v) is 8.71. The van der Waals surface area contributed by atoms with E-state index >= 15 is 0 Å². The molecule has 3 rings (SSSR count). The van der Waals surface area contributed by atoms with Gasteiger partial charge in [-0.3, -0.25) is 4.98 Å². The van der Waals surface area contributed by atoms with E-state index in [1.807, 2.05) is 48.5 Å². The van der Waals surface area contributed by atoms with Gasteiger partial charge in [-0.15, -0.1) is 0 Å². The number of unbranched alkanes of at least 4 members (excludes halogenated alkanes) is 6. The molecule has 0 bridgehead atoms. The molecular weight excluding hydrogens is 422 g/mol. The number of pyridine rings is 1. The molecule has 0 unspecified atom stereocenters. The van der Waals surface area contributed by atoms with Crippen LogP contribution < -0.4 is 9.47 Å². The number of hydrogen-bond acceptors (Lipinski definition) is 4. The fraction of sp³-hybridized carbons (Fsp3) is 0.400. The van der Waals surface area contributed by atoms with Gasteiger partial charge >= 0.3 is 5.97 Å². The number of aromatic nitrogens is 1. The second-order valence-electron chi connectivity index (χ2n) is 8.71. The Hall–Kier alpha value is -3.14. The van der Waals surface area contributed by atoms with Crippen molar-refractivity contribution in [1.29, 1.82) is 0 Å². The van der Waals surface area contributed by atoms with Crippen molar-refractivity contribution in [1.82, 2.24) is 4.98 Å². The lowest BCUT2D eigenvalue weighted by molar-refractivity contribution is 0.0735. The van der Waals surface area contributed by atoms with Crippen molar-refractivity contribution < 1.29 is 14.3 Å². The van der Waals surface area contributed by atoms with Gasteiger partial charge in [0.1, 0.15) is 11.5 Å². The van der Waals surface area contributed by atoms with Gasteiger partial charge in [0.25, 0.3) is 0 Å². The van der Waals surface area contributed by atoms with E-state index in [0.29, 0.717) is 11.3 Å². The maximum Gasteiger partial charge on any atom is 0.343 e. The van der Waals surface area contributed by atoms with Crippen LogP contribution in [0.25, 0.3) is 11.3 Å². The van der Waals surface area contributed by atoms with Gasteiger partial charge in [0.05, 0.1) is 24.1 Å². The molecule has 0 fully saturated rings. The SMILES string of the molecule is CCCCCCOc1ccc(-c2ccc(OC(=O)c3ccc(CCCCCC)cc3)cc2)nc1. The number of carbonyl (C=O) groups is 1. The molecule has 180 valence electrons. The van der Waals surface area contributed by atoms with E-state index in [1.165, 1.54) is 50.5 Å². The number of nitrogens with zero attached hydrogens (tertiary/aromatic N) is 1. The largest absolute Gasteiger partial charge is 0.492 e. The van der Waals surface area contributed by atoms with E-state index in [-0.39, 0.29) is 5.97 Å². The summed E-state index contributed by atoms with van der Waals surface area (Å²) in [5.41, 5.74) is 3.64. The minimum absolute atomic E-state index is 0.344. The summed E-state index contributed by atoms with van der Waals surface area (Å²) in [5.74, 6) is 0.964. The summed E-state index contributed by atoms with van der Waals surface area (Å²) >= 11 is 0. The molecule has 0 aliphatic rings. The van der Waals surface area contributed by atoms with Gasteiger partial charge in [-0.2, -0.15) is 0 Å². The lowest BCUT2D eigenvalue weighted by atomic mass is 10.0. The van der Waals surface area contributed by atoms with E-state index in [2.05, 4.69) is 18.8 Å². The molecule has 0 amide bonds. The maximum absolute atomic E-state index is 12.5. The third-order valence-corrected chi connectivity index (χ3v) is 5.87. The minimum atomic E-state index is -0.344. The molecule has 0 aliphatic heterocycles. The summed E-state index contributed by atoms with van der Waals surface area (Å²) in [6.07, 6.45) is 12.5. The summed E-state index contributed by atoms with van der Waals surface area (Å²) in [4.78, 5) is 17.0. The molecule has 0 saturated heterocycles. The molecule has 0 aliphatic carbocycles. The standard InChI is InChI=1S/C30H37NO3/c1-3-5-7-9-11-24-12-14-26(15-13-24)30(32)34-27-18-16-25(17-19-27)29-21-20-28(23-31-29)33-22-10-8-6-4-2/h12-21,23H,3-11,22H2,1-2H3. The monoisotopic (exact) mass is 459 g/mol. The molecular formula is C30H37NO3. The van der Waals surface area contributed by atoms with Crippen LogP contribution in [-0.2, 0) is 6.42 Å². The number of benzene rings is 2. The number of hydrogen-bond donors (Lipinski definition) is 0. The molecule has 0 N–H and O–H groups in total. The molecule has 0 atom stereocenters. The van der Waals surface area contributed by atoms with Crippen molar-refractivity contribution >= 4 is 5.97 Å². The third kappa shape index (κ3) is 8.33. The van der Waals surface area contributed by atoms with Gasteiger partial charge in [0.15, 0.2) is 0 Å². The van der Waals surface area contributed by atoms with Crippen LogP contribution in [0.2, 0.25) is 0 Å². The third-order valence-electron chi connectivity index (χ3n) is 5.87. The van der Waals surface area contributed by atoms with Crippen molar-refractivity contribution in [3.8, 4) is 22.8 Å². The van der Waals surface area contributed by atoms with E-state index in [4.69, 9.17) is 9.47 Å². The average Bonchev–Trinajstić information content (AvgIpc) is 2.88. The van der Waals surface area contributed by atoms with Gasteiger partial charge in [-0.1, -0.05) is 64.5 Å². The molecule has 1 aromatic heterocycles. The van der Waals surface area contributed by atoms with E-state index < -0.39 is 0 Å². The van der Waals surface area contributed by atoms with Crippen LogP contribution in [0.1, 0.15) is 81.1 Å². The average molecular weight is 460 g/mol. The summed E-state index contributed by atoms with van der Waals surface area (Å²) in [6.45, 7) is 5.14. The zero-order valence-electron chi connectivity index (χ0n) is 20.6. The molecule has 4 nitrogen and oxygen atoms in total. The smallest absolute Gasteiger partial charge is 0.343 e. The summed E-state index contributed by atoms with van der Waals surface area (Å²) in [5, 5.41) is 0. The van der Waals surface area contributed by atoms with Gasteiger partial charge in [0, 0.05) is 5.56 Å². The quantitative estimate of drug-likeness (QED) is 0.139.